The van der Waals surface area contributed by atoms with Crippen molar-refractivity contribution in [2.24, 2.45) is 17.1 Å². The Morgan fingerprint density at radius 3 is 2.60 bits per heavy atom. The predicted octanol–water partition coefficient (Wildman–Crippen LogP) is 1.79. The standard InChI is InChI=1S/C20H24N2O6S2/c1-9(23)14-12-6-11(13-5-10(7-30-13)16(21)29)15(22(12)17(14)24)18(25)27-8-28-19(26)20(2,3)4/h5,7,9,12,14,23H,6,8H2,1-4H3,(H2,21,29)/t9-,12-,14-/m1/s1. The van der Waals surface area contributed by atoms with Crippen LogP contribution in [0.2, 0.25) is 0 Å². The van der Waals surface area contributed by atoms with Gasteiger partial charge in [-0.2, -0.15) is 0 Å². The van der Waals surface area contributed by atoms with Gasteiger partial charge in [0.15, 0.2) is 0 Å². The zero-order valence-electron chi connectivity index (χ0n) is 17.1. The quantitative estimate of drug-likeness (QED) is 0.290. The SMILES string of the molecule is C[C@@H](O)[C@H]1C(=O)N2C(C(=O)OCOC(=O)C(C)(C)C)=C(c3cc(C(N)=S)cs3)C[C@H]12. The lowest BCUT2D eigenvalue weighted by molar-refractivity contribution is -0.175. The highest BCUT2D eigenvalue weighted by molar-refractivity contribution is 7.80. The number of esters is 2. The number of carbonyl (C=O) groups excluding carboxylic acids is 3. The molecule has 0 spiro atoms. The lowest BCUT2D eigenvalue weighted by Gasteiger charge is -2.44. The van der Waals surface area contributed by atoms with E-state index in [1.165, 1.54) is 16.2 Å². The minimum absolute atomic E-state index is 0.102. The summed E-state index contributed by atoms with van der Waals surface area (Å²) in [6, 6.07) is 1.44. The lowest BCUT2D eigenvalue weighted by atomic mass is 9.83. The second-order valence-corrected chi connectivity index (χ2v) is 9.72. The third-order valence-electron chi connectivity index (χ3n) is 5.10. The van der Waals surface area contributed by atoms with Gasteiger partial charge in [0, 0.05) is 21.4 Å². The van der Waals surface area contributed by atoms with Crippen molar-refractivity contribution in [2.75, 3.05) is 6.79 Å². The van der Waals surface area contributed by atoms with Crippen molar-refractivity contribution in [3.8, 4) is 0 Å². The van der Waals surface area contributed by atoms with E-state index in [-0.39, 0.29) is 22.6 Å². The number of thiocarbonyl (C=S) groups is 1. The van der Waals surface area contributed by atoms with Crippen LogP contribution in [0, 0.1) is 11.3 Å². The summed E-state index contributed by atoms with van der Waals surface area (Å²) in [6.45, 7) is 6.05. The zero-order chi connectivity index (χ0) is 22.4. The first-order chi connectivity index (χ1) is 13.9. The number of aliphatic hydroxyl groups excluding tert-OH is 1. The topological polar surface area (TPSA) is 119 Å². The number of amides is 1. The first-order valence-electron chi connectivity index (χ1n) is 9.40. The maximum atomic E-state index is 12.8. The summed E-state index contributed by atoms with van der Waals surface area (Å²) >= 11 is 6.36. The van der Waals surface area contributed by atoms with E-state index in [2.05, 4.69) is 0 Å². The van der Waals surface area contributed by atoms with Crippen molar-refractivity contribution in [3.05, 3.63) is 27.6 Å². The molecule has 1 saturated heterocycles. The molecule has 0 saturated carbocycles. The van der Waals surface area contributed by atoms with Crippen LogP contribution in [0.3, 0.4) is 0 Å². The van der Waals surface area contributed by atoms with Crippen molar-refractivity contribution >= 4 is 52.0 Å². The number of β-lactam (4-membered cyclic amide) rings is 1. The van der Waals surface area contributed by atoms with Gasteiger partial charge in [0.2, 0.25) is 12.7 Å². The van der Waals surface area contributed by atoms with Crippen molar-refractivity contribution < 1.29 is 29.0 Å². The summed E-state index contributed by atoms with van der Waals surface area (Å²) in [5, 5.41) is 11.7. The number of ether oxygens (including phenoxy) is 2. The van der Waals surface area contributed by atoms with E-state index in [0.29, 0.717) is 17.6 Å². The van der Waals surface area contributed by atoms with Crippen LogP contribution in [0.15, 0.2) is 17.1 Å². The van der Waals surface area contributed by atoms with Crippen molar-refractivity contribution in [2.45, 2.75) is 46.3 Å². The average molecular weight is 453 g/mol. The molecule has 0 bridgehead atoms. The van der Waals surface area contributed by atoms with Crippen LogP contribution in [0.5, 0.6) is 0 Å². The third kappa shape index (κ3) is 3.99. The first-order valence-corrected chi connectivity index (χ1v) is 10.7. The van der Waals surface area contributed by atoms with Gasteiger partial charge in [0.25, 0.3) is 0 Å². The molecule has 2 aliphatic rings. The minimum atomic E-state index is -0.835. The molecule has 2 aliphatic heterocycles. The molecule has 0 aliphatic carbocycles. The average Bonchev–Trinajstić information content (AvgIpc) is 3.23. The molecule has 3 heterocycles. The monoisotopic (exact) mass is 452 g/mol. The molecule has 3 atom stereocenters. The molecular formula is C20H24N2O6S2. The number of aliphatic hydroxyl groups is 1. The second-order valence-electron chi connectivity index (χ2n) is 8.37. The van der Waals surface area contributed by atoms with Crippen LogP contribution in [0.25, 0.3) is 5.57 Å². The summed E-state index contributed by atoms with van der Waals surface area (Å²) in [4.78, 5) is 39.7. The maximum absolute atomic E-state index is 12.8. The Kier molecular flexibility index (Phi) is 6.03. The number of nitrogens with two attached hydrogens (primary N) is 1. The Bertz CT molecular complexity index is 943. The van der Waals surface area contributed by atoms with Crippen LogP contribution in [0.1, 0.15) is 44.6 Å². The highest BCUT2D eigenvalue weighted by Gasteiger charge is 2.57. The number of rotatable bonds is 6. The fourth-order valence-corrected chi connectivity index (χ4v) is 4.68. The Labute approximate surface area is 183 Å². The molecule has 10 heteroatoms. The molecule has 162 valence electrons. The van der Waals surface area contributed by atoms with Crippen molar-refractivity contribution in [1.82, 2.24) is 4.90 Å². The summed E-state index contributed by atoms with van der Waals surface area (Å²) in [5.41, 5.74) is 6.34. The molecule has 1 aromatic heterocycles. The Balaban J connectivity index is 1.85. The lowest BCUT2D eigenvalue weighted by Crippen LogP contribution is -2.61. The Hall–Kier alpha value is -2.30. The maximum Gasteiger partial charge on any atom is 0.358 e. The summed E-state index contributed by atoms with van der Waals surface area (Å²) < 4.78 is 10.2. The molecule has 1 fully saturated rings. The summed E-state index contributed by atoms with van der Waals surface area (Å²) in [5.74, 6) is -2.20. The second kappa shape index (κ2) is 8.09. The van der Waals surface area contributed by atoms with Gasteiger partial charge in [-0.3, -0.25) is 9.59 Å². The first kappa shape index (κ1) is 22.4. The van der Waals surface area contributed by atoms with Gasteiger partial charge in [0.1, 0.15) is 10.7 Å². The molecule has 0 unspecified atom stereocenters. The Morgan fingerprint density at radius 2 is 2.07 bits per heavy atom. The number of nitrogens with zero attached hydrogens (tertiary/aromatic N) is 1. The van der Waals surface area contributed by atoms with Gasteiger partial charge in [-0.1, -0.05) is 12.2 Å². The van der Waals surface area contributed by atoms with Gasteiger partial charge in [-0.25, -0.2) is 4.79 Å². The molecule has 0 radical (unpaired) electrons. The summed E-state index contributed by atoms with van der Waals surface area (Å²) in [6.07, 6.45) is -0.441. The fraction of sp³-hybridized carbons (Fsp3) is 0.500. The van der Waals surface area contributed by atoms with Crippen LogP contribution in [0.4, 0.5) is 0 Å². The van der Waals surface area contributed by atoms with Gasteiger partial charge in [-0.05, 0) is 40.2 Å². The molecule has 0 aromatic carbocycles. The van der Waals surface area contributed by atoms with E-state index in [1.807, 2.05) is 0 Å². The number of hydrogen-bond donors (Lipinski definition) is 2. The molecule has 30 heavy (non-hydrogen) atoms. The van der Waals surface area contributed by atoms with Crippen molar-refractivity contribution in [3.63, 3.8) is 0 Å². The largest absolute Gasteiger partial charge is 0.427 e. The molecule has 1 aromatic rings. The number of fused-ring (bicyclic) bond motifs is 1. The highest BCUT2D eigenvalue weighted by Crippen LogP contribution is 2.48. The molecule has 3 N–H and O–H groups in total. The molecule has 8 nitrogen and oxygen atoms in total. The van der Waals surface area contributed by atoms with Crippen LogP contribution in [-0.2, 0) is 23.9 Å². The van der Waals surface area contributed by atoms with Gasteiger partial charge in [-0.15, -0.1) is 11.3 Å². The van der Waals surface area contributed by atoms with Crippen LogP contribution < -0.4 is 5.73 Å². The van der Waals surface area contributed by atoms with E-state index in [9.17, 15) is 19.5 Å². The Morgan fingerprint density at radius 1 is 1.40 bits per heavy atom. The normalized spacial score (nSPS) is 21.8. The number of thiophene rings is 1. The van der Waals surface area contributed by atoms with E-state index in [4.69, 9.17) is 27.4 Å². The van der Waals surface area contributed by atoms with Gasteiger partial charge in [0.05, 0.1) is 23.5 Å². The van der Waals surface area contributed by atoms with Crippen LogP contribution >= 0.6 is 23.6 Å². The van der Waals surface area contributed by atoms with E-state index in [1.54, 1.807) is 39.1 Å². The molecule has 3 rings (SSSR count). The number of hydrogen-bond acceptors (Lipinski definition) is 8. The minimum Gasteiger partial charge on any atom is -0.427 e. The van der Waals surface area contributed by atoms with Crippen molar-refractivity contribution in [1.29, 1.82) is 0 Å². The zero-order valence-corrected chi connectivity index (χ0v) is 18.8. The van der Waals surface area contributed by atoms with E-state index < -0.39 is 36.2 Å². The highest BCUT2D eigenvalue weighted by atomic mass is 32.1. The van der Waals surface area contributed by atoms with Gasteiger partial charge < -0.3 is 25.2 Å². The van der Waals surface area contributed by atoms with E-state index >= 15 is 0 Å². The third-order valence-corrected chi connectivity index (χ3v) is 6.32. The smallest absolute Gasteiger partial charge is 0.358 e. The van der Waals surface area contributed by atoms with E-state index in [0.717, 1.165) is 4.88 Å². The molecular weight excluding hydrogens is 428 g/mol. The summed E-state index contributed by atoms with van der Waals surface area (Å²) in [7, 11) is 0. The predicted molar refractivity (Wildman–Crippen MR) is 114 cm³/mol. The van der Waals surface area contributed by atoms with Gasteiger partial charge >= 0.3 is 11.9 Å². The fourth-order valence-electron chi connectivity index (χ4n) is 3.52. The van der Waals surface area contributed by atoms with Crippen LogP contribution in [-0.4, -0.2) is 51.8 Å². The molecule has 1 amide bonds. The number of carbonyl (C=O) groups is 3.